The molecule has 0 aliphatic rings. The molecule has 0 fully saturated rings. The van der Waals surface area contributed by atoms with E-state index in [1.807, 2.05) is 13.8 Å². The lowest BCUT2D eigenvalue weighted by Gasteiger charge is -2.28. The number of carbonyl (C=O) groups excluding carboxylic acids is 1. The lowest BCUT2D eigenvalue weighted by Crippen LogP contribution is -2.51. The number of fused-ring (bicyclic) bond motifs is 1. The highest BCUT2D eigenvalue weighted by molar-refractivity contribution is 8.00. The van der Waals surface area contributed by atoms with Gasteiger partial charge in [0.15, 0.2) is 5.65 Å². The second-order valence-corrected chi connectivity index (χ2v) is 8.50. The van der Waals surface area contributed by atoms with Crippen molar-refractivity contribution in [3.8, 4) is 11.8 Å². The summed E-state index contributed by atoms with van der Waals surface area (Å²) >= 11 is 1.27. The molecule has 0 saturated heterocycles. The summed E-state index contributed by atoms with van der Waals surface area (Å²) in [4.78, 5) is 21.2. The number of thioether (sulfide) groups is 1. The van der Waals surface area contributed by atoms with Gasteiger partial charge in [-0.15, -0.1) is 0 Å². The number of halogens is 1. The summed E-state index contributed by atoms with van der Waals surface area (Å²) in [5, 5.41) is 17.4. The molecule has 0 aliphatic carbocycles. The van der Waals surface area contributed by atoms with E-state index in [9.17, 15) is 14.4 Å². The number of nitrogens with zero attached hydrogens (tertiary/aromatic N) is 5. The van der Waals surface area contributed by atoms with Crippen LogP contribution in [-0.2, 0) is 4.79 Å². The van der Waals surface area contributed by atoms with Gasteiger partial charge in [0.2, 0.25) is 5.91 Å². The Morgan fingerprint density at radius 3 is 2.59 bits per heavy atom. The maximum atomic E-state index is 13.2. The van der Waals surface area contributed by atoms with E-state index in [2.05, 4.69) is 26.5 Å². The number of hydrogen-bond acceptors (Lipinski definition) is 6. The zero-order valence-electron chi connectivity index (χ0n) is 16.5. The number of hydrogen-bond donors (Lipinski definition) is 1. The highest BCUT2D eigenvalue weighted by Gasteiger charge is 2.32. The zero-order chi connectivity index (χ0) is 21.2. The molecule has 150 valence electrons. The van der Waals surface area contributed by atoms with Crippen molar-refractivity contribution in [2.45, 2.75) is 43.5 Å². The average molecular weight is 412 g/mol. The van der Waals surface area contributed by atoms with Gasteiger partial charge in [0, 0.05) is 0 Å². The number of aromatic nitrogens is 4. The summed E-state index contributed by atoms with van der Waals surface area (Å²) in [6.45, 7) is 7.25. The third-order valence-electron chi connectivity index (χ3n) is 4.83. The second kappa shape index (κ2) is 8.17. The lowest BCUT2D eigenvalue weighted by molar-refractivity contribution is -0.121. The summed E-state index contributed by atoms with van der Waals surface area (Å²) in [6, 6.07) is 8.11. The van der Waals surface area contributed by atoms with Crippen LogP contribution in [0.3, 0.4) is 0 Å². The van der Waals surface area contributed by atoms with Gasteiger partial charge in [0.1, 0.15) is 22.7 Å². The largest absolute Gasteiger partial charge is 0.337 e. The van der Waals surface area contributed by atoms with Gasteiger partial charge >= 0.3 is 0 Å². The molecule has 0 spiro atoms. The van der Waals surface area contributed by atoms with E-state index < -0.39 is 10.8 Å². The van der Waals surface area contributed by atoms with Crippen LogP contribution in [0.1, 0.15) is 27.7 Å². The van der Waals surface area contributed by atoms with Crippen LogP contribution in [0.5, 0.6) is 0 Å². The molecular weight excluding hydrogens is 391 g/mol. The summed E-state index contributed by atoms with van der Waals surface area (Å²) < 4.78 is 14.8. The molecule has 0 bridgehead atoms. The molecule has 2 unspecified atom stereocenters. The third kappa shape index (κ3) is 4.22. The summed E-state index contributed by atoms with van der Waals surface area (Å²) in [5.74, 6) is -0.611. The van der Waals surface area contributed by atoms with Crippen LogP contribution in [0.4, 0.5) is 4.39 Å². The van der Waals surface area contributed by atoms with E-state index in [1.54, 1.807) is 36.9 Å². The average Bonchev–Trinajstić information content (AvgIpc) is 3.13. The van der Waals surface area contributed by atoms with E-state index >= 15 is 0 Å². The highest BCUT2D eigenvalue weighted by atomic mass is 32.2. The van der Waals surface area contributed by atoms with Gasteiger partial charge in [-0.2, -0.15) is 10.4 Å². The minimum absolute atomic E-state index is 0.0339. The zero-order valence-corrected chi connectivity index (χ0v) is 17.4. The number of nitriles is 1. The fraction of sp³-hybridized carbons (Fsp3) is 0.350. The van der Waals surface area contributed by atoms with Gasteiger partial charge in [-0.1, -0.05) is 25.6 Å². The molecule has 9 heteroatoms. The van der Waals surface area contributed by atoms with Crippen molar-refractivity contribution >= 4 is 28.7 Å². The predicted molar refractivity (Wildman–Crippen MR) is 109 cm³/mol. The molecule has 29 heavy (non-hydrogen) atoms. The van der Waals surface area contributed by atoms with Crippen LogP contribution in [0.25, 0.3) is 16.7 Å². The first kappa shape index (κ1) is 20.7. The molecule has 1 amide bonds. The van der Waals surface area contributed by atoms with Crippen LogP contribution in [0, 0.1) is 23.1 Å². The lowest BCUT2D eigenvalue weighted by atomic mass is 9.90. The first-order chi connectivity index (χ1) is 13.7. The topological polar surface area (TPSA) is 96.5 Å². The number of carbonyl (C=O) groups is 1. The number of amides is 1. The van der Waals surface area contributed by atoms with E-state index in [0.29, 0.717) is 21.7 Å². The summed E-state index contributed by atoms with van der Waals surface area (Å²) in [7, 11) is 0. The van der Waals surface area contributed by atoms with Gasteiger partial charge < -0.3 is 5.32 Å². The molecule has 0 radical (unpaired) electrons. The van der Waals surface area contributed by atoms with Crippen molar-refractivity contribution in [2.24, 2.45) is 5.92 Å². The smallest absolute Gasteiger partial charge is 0.234 e. The quantitative estimate of drug-likeness (QED) is 0.492. The van der Waals surface area contributed by atoms with E-state index in [-0.39, 0.29) is 17.6 Å². The molecule has 7 nitrogen and oxygen atoms in total. The maximum absolute atomic E-state index is 13.2. The standard InChI is InChI=1S/C20H21FN6OS/c1-12(2)20(4,10-22)26-18(28)13(3)29-19-16-9-25-27(17(16)23-11-24-19)15-7-5-14(21)6-8-15/h5-9,11-13H,1-4H3,(H,26,28). The minimum Gasteiger partial charge on any atom is -0.337 e. The highest BCUT2D eigenvalue weighted by Crippen LogP contribution is 2.29. The minimum atomic E-state index is -0.944. The molecule has 0 aliphatic heterocycles. The van der Waals surface area contributed by atoms with E-state index in [0.717, 1.165) is 0 Å². The monoisotopic (exact) mass is 412 g/mol. The van der Waals surface area contributed by atoms with Crippen molar-refractivity contribution < 1.29 is 9.18 Å². The SMILES string of the molecule is CC(Sc1ncnc2c1cnn2-c1ccc(F)cc1)C(=O)NC(C)(C#N)C(C)C. The fourth-order valence-electron chi connectivity index (χ4n) is 2.57. The van der Waals surface area contributed by atoms with Gasteiger partial charge in [0.05, 0.1) is 28.6 Å². The maximum Gasteiger partial charge on any atom is 0.234 e. The second-order valence-electron chi connectivity index (χ2n) is 7.17. The van der Waals surface area contributed by atoms with Gasteiger partial charge in [-0.25, -0.2) is 19.0 Å². The van der Waals surface area contributed by atoms with Crippen LogP contribution < -0.4 is 5.32 Å². The molecule has 2 aromatic heterocycles. The molecule has 2 heterocycles. The Balaban J connectivity index is 1.85. The molecule has 0 saturated carbocycles. The summed E-state index contributed by atoms with van der Waals surface area (Å²) in [6.07, 6.45) is 3.03. The molecule has 1 aromatic carbocycles. The Morgan fingerprint density at radius 2 is 1.97 bits per heavy atom. The normalized spacial score (nSPS) is 14.4. The fourth-order valence-corrected chi connectivity index (χ4v) is 3.45. The van der Waals surface area contributed by atoms with E-state index in [1.165, 1.54) is 30.2 Å². The van der Waals surface area contributed by atoms with Gasteiger partial charge in [0.25, 0.3) is 0 Å². The predicted octanol–water partition coefficient (Wildman–Crippen LogP) is 3.49. The van der Waals surface area contributed by atoms with Crippen LogP contribution >= 0.6 is 11.8 Å². The first-order valence-corrected chi connectivity index (χ1v) is 9.97. The Morgan fingerprint density at radius 1 is 1.28 bits per heavy atom. The molecule has 3 rings (SSSR count). The molecular formula is C20H21FN6OS. The van der Waals surface area contributed by atoms with Crippen molar-refractivity contribution in [2.75, 3.05) is 0 Å². The Bertz CT molecular complexity index is 1070. The van der Waals surface area contributed by atoms with Crippen molar-refractivity contribution in [3.05, 3.63) is 42.6 Å². The van der Waals surface area contributed by atoms with Crippen molar-refractivity contribution in [1.29, 1.82) is 5.26 Å². The van der Waals surface area contributed by atoms with Crippen LogP contribution in [0.15, 0.2) is 41.8 Å². The first-order valence-electron chi connectivity index (χ1n) is 9.10. The number of rotatable bonds is 6. The Labute approximate surface area is 172 Å². The molecule has 1 N–H and O–H groups in total. The summed E-state index contributed by atoms with van der Waals surface area (Å²) in [5.41, 5.74) is 0.287. The van der Waals surface area contributed by atoms with Gasteiger partial charge in [-0.05, 0) is 44.0 Å². The molecule has 2 atom stereocenters. The van der Waals surface area contributed by atoms with E-state index in [4.69, 9.17) is 0 Å². The van der Waals surface area contributed by atoms with Gasteiger partial charge in [-0.3, -0.25) is 4.79 Å². The van der Waals surface area contributed by atoms with Crippen LogP contribution in [-0.4, -0.2) is 36.4 Å². The number of benzene rings is 1. The number of nitrogens with one attached hydrogen (secondary N) is 1. The Kier molecular flexibility index (Phi) is 5.84. The van der Waals surface area contributed by atoms with Crippen LogP contribution in [0.2, 0.25) is 0 Å². The van der Waals surface area contributed by atoms with Crippen molar-refractivity contribution in [3.63, 3.8) is 0 Å². The van der Waals surface area contributed by atoms with Crippen molar-refractivity contribution in [1.82, 2.24) is 25.1 Å². The third-order valence-corrected chi connectivity index (χ3v) is 5.94. The molecule has 3 aromatic rings. The Hall–Kier alpha value is -2.99.